The van der Waals surface area contributed by atoms with Gasteiger partial charge >= 0.3 is 0 Å². The van der Waals surface area contributed by atoms with Crippen LogP contribution in [-0.2, 0) is 14.4 Å². The van der Waals surface area contributed by atoms with E-state index in [1.807, 2.05) is 37.8 Å². The molecule has 0 radical (unpaired) electrons. The van der Waals surface area contributed by atoms with Gasteiger partial charge in [-0.15, -0.1) is 0 Å². The average molecular weight is 416 g/mol. The lowest BCUT2D eigenvalue weighted by Crippen LogP contribution is -2.45. The lowest BCUT2D eigenvalue weighted by atomic mass is 9.90. The van der Waals surface area contributed by atoms with Gasteiger partial charge in [0.2, 0.25) is 17.7 Å². The molecule has 2 aliphatic heterocycles. The smallest absolute Gasteiger partial charge is 0.227 e. The van der Waals surface area contributed by atoms with Gasteiger partial charge in [-0.1, -0.05) is 20.8 Å². The van der Waals surface area contributed by atoms with Gasteiger partial charge < -0.3 is 20.9 Å². The van der Waals surface area contributed by atoms with Crippen molar-refractivity contribution in [2.45, 2.75) is 46.5 Å². The van der Waals surface area contributed by atoms with Crippen molar-refractivity contribution in [1.29, 1.82) is 0 Å². The van der Waals surface area contributed by atoms with Crippen LogP contribution in [0.5, 0.6) is 0 Å². The topological polar surface area (TPSA) is 109 Å². The van der Waals surface area contributed by atoms with Gasteiger partial charge in [0.1, 0.15) is 5.82 Å². The molecule has 3 N–H and O–H groups in total. The number of nitrogens with two attached hydrogens (primary N) is 1. The zero-order valence-electron chi connectivity index (χ0n) is 18.2. The largest absolute Gasteiger partial charge is 0.369 e. The summed E-state index contributed by atoms with van der Waals surface area (Å²) in [5.41, 5.74) is 5.71. The molecule has 2 aliphatic rings. The van der Waals surface area contributed by atoms with E-state index in [2.05, 4.69) is 15.2 Å². The van der Waals surface area contributed by atoms with Gasteiger partial charge in [-0.05, 0) is 37.8 Å². The summed E-state index contributed by atoms with van der Waals surface area (Å²) in [4.78, 5) is 44.9. The molecule has 1 atom stereocenters. The maximum absolute atomic E-state index is 12.6. The number of rotatable bonds is 4. The normalized spacial score (nSPS) is 20.7. The number of hydrogen-bond donors (Lipinski definition) is 2. The summed E-state index contributed by atoms with van der Waals surface area (Å²) in [6.45, 7) is 8.41. The summed E-state index contributed by atoms with van der Waals surface area (Å²) >= 11 is 0. The van der Waals surface area contributed by atoms with Gasteiger partial charge in [-0.3, -0.25) is 14.4 Å². The number of pyridine rings is 1. The first-order valence-electron chi connectivity index (χ1n) is 10.8. The Labute approximate surface area is 178 Å². The van der Waals surface area contributed by atoms with E-state index in [9.17, 15) is 14.4 Å². The van der Waals surface area contributed by atoms with Gasteiger partial charge in [0, 0.05) is 37.5 Å². The number of amides is 3. The SMILES string of the molecule is CC(C)(C)C(=O)N1CCC(C(=O)Nc2ccc(N3CCCC(C(N)=O)C3)nc2)CC1. The van der Waals surface area contributed by atoms with Crippen LogP contribution < -0.4 is 16.0 Å². The Morgan fingerprint density at radius 3 is 2.33 bits per heavy atom. The average Bonchev–Trinajstić information content (AvgIpc) is 2.73. The molecule has 2 saturated heterocycles. The van der Waals surface area contributed by atoms with Crippen molar-refractivity contribution in [3.63, 3.8) is 0 Å². The molecule has 0 bridgehead atoms. The van der Waals surface area contributed by atoms with E-state index in [4.69, 9.17) is 5.73 Å². The third-order valence-electron chi connectivity index (χ3n) is 5.96. The number of aromatic nitrogens is 1. The van der Waals surface area contributed by atoms with Crippen molar-refractivity contribution < 1.29 is 14.4 Å². The first kappa shape index (κ1) is 22.1. The zero-order chi connectivity index (χ0) is 21.9. The highest BCUT2D eigenvalue weighted by molar-refractivity contribution is 5.92. The molecule has 0 saturated carbocycles. The molecule has 1 aromatic heterocycles. The predicted octanol–water partition coefficient (Wildman–Crippen LogP) is 2.01. The highest BCUT2D eigenvalue weighted by atomic mass is 16.2. The van der Waals surface area contributed by atoms with Crippen LogP contribution in [0.25, 0.3) is 0 Å². The van der Waals surface area contributed by atoms with Crippen LogP contribution in [-0.4, -0.2) is 53.8 Å². The summed E-state index contributed by atoms with van der Waals surface area (Å²) < 4.78 is 0. The Morgan fingerprint density at radius 1 is 1.07 bits per heavy atom. The van der Waals surface area contributed by atoms with E-state index in [0.29, 0.717) is 38.2 Å². The molecule has 1 aromatic rings. The number of likely N-dealkylation sites (tertiary alicyclic amines) is 1. The lowest BCUT2D eigenvalue weighted by Gasteiger charge is -2.35. The quantitative estimate of drug-likeness (QED) is 0.782. The number of nitrogens with zero attached hydrogens (tertiary/aromatic N) is 3. The second-order valence-corrected chi connectivity index (χ2v) is 9.40. The molecule has 0 aromatic carbocycles. The highest BCUT2D eigenvalue weighted by Gasteiger charge is 2.32. The number of primary amides is 1. The summed E-state index contributed by atoms with van der Waals surface area (Å²) in [5.74, 6) is 0.381. The van der Waals surface area contributed by atoms with Crippen molar-refractivity contribution >= 4 is 29.2 Å². The molecule has 1 unspecified atom stereocenters. The maximum atomic E-state index is 12.6. The fourth-order valence-corrected chi connectivity index (χ4v) is 4.13. The minimum atomic E-state index is -0.395. The minimum Gasteiger partial charge on any atom is -0.369 e. The third kappa shape index (κ3) is 5.29. The Balaban J connectivity index is 1.52. The van der Waals surface area contributed by atoms with Gasteiger partial charge in [-0.2, -0.15) is 0 Å². The van der Waals surface area contributed by atoms with Crippen molar-refractivity contribution in [3.05, 3.63) is 18.3 Å². The Bertz CT molecular complexity index is 779. The molecule has 3 rings (SSSR count). The van der Waals surface area contributed by atoms with Crippen LogP contribution >= 0.6 is 0 Å². The van der Waals surface area contributed by atoms with E-state index in [1.54, 1.807) is 6.20 Å². The molecule has 2 fully saturated rings. The van der Waals surface area contributed by atoms with Gasteiger partial charge in [0.25, 0.3) is 0 Å². The van der Waals surface area contributed by atoms with E-state index in [-0.39, 0.29) is 29.6 Å². The Hall–Kier alpha value is -2.64. The molecular weight excluding hydrogens is 382 g/mol. The monoisotopic (exact) mass is 415 g/mol. The fraction of sp³-hybridized carbons (Fsp3) is 0.636. The van der Waals surface area contributed by atoms with E-state index in [0.717, 1.165) is 25.2 Å². The van der Waals surface area contributed by atoms with E-state index >= 15 is 0 Å². The van der Waals surface area contributed by atoms with Gasteiger partial charge in [0.15, 0.2) is 0 Å². The Morgan fingerprint density at radius 2 is 1.77 bits per heavy atom. The van der Waals surface area contributed by atoms with Crippen LogP contribution in [0.3, 0.4) is 0 Å². The zero-order valence-corrected chi connectivity index (χ0v) is 18.2. The number of anilines is 2. The summed E-state index contributed by atoms with van der Waals surface area (Å²) in [5, 5.41) is 2.95. The van der Waals surface area contributed by atoms with E-state index in [1.165, 1.54) is 0 Å². The van der Waals surface area contributed by atoms with Gasteiger partial charge in [0.05, 0.1) is 17.8 Å². The van der Waals surface area contributed by atoms with Gasteiger partial charge in [-0.25, -0.2) is 4.98 Å². The molecule has 30 heavy (non-hydrogen) atoms. The number of carbonyl (C=O) groups is 3. The molecule has 8 heteroatoms. The number of nitrogens with one attached hydrogen (secondary N) is 1. The van der Waals surface area contributed by atoms with Crippen LogP contribution in [0.2, 0.25) is 0 Å². The summed E-state index contributed by atoms with van der Waals surface area (Å²) in [6.07, 6.45) is 4.71. The molecule has 0 aliphatic carbocycles. The molecule has 3 heterocycles. The Kier molecular flexibility index (Phi) is 6.63. The fourth-order valence-electron chi connectivity index (χ4n) is 4.13. The van der Waals surface area contributed by atoms with Crippen LogP contribution in [0.1, 0.15) is 46.5 Å². The standard InChI is InChI=1S/C22H33N5O3/c1-22(2,3)21(30)26-11-8-15(9-12-26)20(29)25-17-6-7-18(24-13-17)27-10-4-5-16(14-27)19(23)28/h6-7,13,15-16H,4-5,8-12,14H2,1-3H3,(H2,23,28)(H,25,29). The first-order valence-corrected chi connectivity index (χ1v) is 10.8. The lowest BCUT2D eigenvalue weighted by molar-refractivity contribution is -0.142. The van der Waals surface area contributed by atoms with Crippen molar-refractivity contribution in [2.24, 2.45) is 23.0 Å². The van der Waals surface area contributed by atoms with Crippen LogP contribution in [0.4, 0.5) is 11.5 Å². The second-order valence-electron chi connectivity index (χ2n) is 9.40. The summed E-state index contributed by atoms with van der Waals surface area (Å²) in [6, 6.07) is 3.70. The molecule has 164 valence electrons. The number of hydrogen-bond acceptors (Lipinski definition) is 5. The first-order chi connectivity index (χ1) is 14.1. The molecule has 0 spiro atoms. The van der Waals surface area contributed by atoms with Crippen LogP contribution in [0.15, 0.2) is 18.3 Å². The maximum Gasteiger partial charge on any atom is 0.227 e. The molecular formula is C22H33N5O3. The van der Waals surface area contributed by atoms with Crippen molar-refractivity contribution in [2.75, 3.05) is 36.4 Å². The van der Waals surface area contributed by atoms with E-state index < -0.39 is 5.41 Å². The van der Waals surface area contributed by atoms with Crippen molar-refractivity contribution in [3.8, 4) is 0 Å². The minimum absolute atomic E-state index is 0.0285. The number of piperidine rings is 2. The predicted molar refractivity (Wildman–Crippen MR) is 116 cm³/mol. The third-order valence-corrected chi connectivity index (χ3v) is 5.96. The molecule has 8 nitrogen and oxygen atoms in total. The van der Waals surface area contributed by atoms with Crippen LogP contribution in [0, 0.1) is 17.3 Å². The summed E-state index contributed by atoms with van der Waals surface area (Å²) in [7, 11) is 0. The van der Waals surface area contributed by atoms with Crippen molar-refractivity contribution in [1.82, 2.24) is 9.88 Å². The highest BCUT2D eigenvalue weighted by Crippen LogP contribution is 2.25. The number of carbonyl (C=O) groups excluding carboxylic acids is 3. The molecule has 3 amide bonds. The second kappa shape index (κ2) is 9.02.